The smallest absolute Gasteiger partial charge is 0.235 e. The van der Waals surface area contributed by atoms with Crippen molar-refractivity contribution in [2.45, 2.75) is 26.7 Å². The fourth-order valence-corrected chi connectivity index (χ4v) is 3.80. The Kier molecular flexibility index (Phi) is 2.93. The third-order valence-electron chi connectivity index (χ3n) is 2.84. The molecular weight excluding hydrogens is 222 g/mol. The summed E-state index contributed by atoms with van der Waals surface area (Å²) in [6, 6.07) is 5.94. The van der Waals surface area contributed by atoms with Crippen LogP contribution in [0.3, 0.4) is 0 Å². The summed E-state index contributed by atoms with van der Waals surface area (Å²) in [7, 11) is -3.08. The van der Waals surface area contributed by atoms with Crippen LogP contribution in [-0.2, 0) is 10.0 Å². The van der Waals surface area contributed by atoms with E-state index in [1.807, 2.05) is 26.0 Å². The number of aryl methyl sites for hydroxylation is 2. The van der Waals surface area contributed by atoms with E-state index >= 15 is 0 Å². The van der Waals surface area contributed by atoms with Gasteiger partial charge in [-0.05, 0) is 49.9 Å². The summed E-state index contributed by atoms with van der Waals surface area (Å²) >= 11 is 0. The summed E-state index contributed by atoms with van der Waals surface area (Å²) in [6.07, 6.45) is 1.73. The van der Waals surface area contributed by atoms with Crippen molar-refractivity contribution in [2.24, 2.45) is 0 Å². The topological polar surface area (TPSA) is 37.4 Å². The zero-order valence-corrected chi connectivity index (χ0v) is 10.5. The molecule has 1 aliphatic heterocycles. The molecule has 1 heterocycles. The molecule has 0 N–H and O–H groups in total. The number of nitrogens with zero attached hydrogens (tertiary/aromatic N) is 1. The highest BCUT2D eigenvalue weighted by molar-refractivity contribution is 7.92. The molecule has 4 heteroatoms. The molecule has 0 radical (unpaired) electrons. The van der Waals surface area contributed by atoms with E-state index in [-0.39, 0.29) is 5.75 Å². The molecule has 0 bridgehead atoms. The zero-order valence-electron chi connectivity index (χ0n) is 9.73. The van der Waals surface area contributed by atoms with Crippen LogP contribution in [0.25, 0.3) is 0 Å². The van der Waals surface area contributed by atoms with Crippen LogP contribution in [0.15, 0.2) is 18.2 Å². The molecule has 1 saturated heterocycles. The van der Waals surface area contributed by atoms with E-state index in [0.29, 0.717) is 6.54 Å². The largest absolute Gasteiger partial charge is 0.270 e. The fraction of sp³-hybridized carbons (Fsp3) is 0.500. The number of hydrogen-bond donors (Lipinski definition) is 0. The monoisotopic (exact) mass is 239 g/mol. The van der Waals surface area contributed by atoms with Crippen LogP contribution in [0.1, 0.15) is 24.0 Å². The summed E-state index contributed by atoms with van der Waals surface area (Å²) < 4.78 is 25.4. The van der Waals surface area contributed by atoms with Crippen LogP contribution in [0.4, 0.5) is 5.69 Å². The van der Waals surface area contributed by atoms with Crippen LogP contribution in [0.2, 0.25) is 0 Å². The molecule has 0 saturated carbocycles. The maximum Gasteiger partial charge on any atom is 0.235 e. The predicted molar refractivity (Wildman–Crippen MR) is 66.3 cm³/mol. The number of benzene rings is 1. The van der Waals surface area contributed by atoms with Crippen molar-refractivity contribution in [1.29, 1.82) is 0 Å². The Morgan fingerprint density at radius 3 is 2.25 bits per heavy atom. The van der Waals surface area contributed by atoms with Gasteiger partial charge in [0.05, 0.1) is 11.4 Å². The molecule has 0 aromatic heterocycles. The molecule has 1 aliphatic rings. The Hall–Kier alpha value is -1.03. The van der Waals surface area contributed by atoms with Gasteiger partial charge in [-0.1, -0.05) is 6.07 Å². The van der Waals surface area contributed by atoms with Gasteiger partial charge in [0.2, 0.25) is 10.0 Å². The average molecular weight is 239 g/mol. The molecule has 0 atom stereocenters. The van der Waals surface area contributed by atoms with Crippen LogP contribution < -0.4 is 4.31 Å². The molecule has 1 aromatic carbocycles. The molecule has 3 nitrogen and oxygen atoms in total. The first kappa shape index (κ1) is 11.5. The Balaban J connectivity index is 2.43. The molecule has 88 valence electrons. The molecule has 0 spiro atoms. The Morgan fingerprint density at radius 1 is 1.06 bits per heavy atom. The van der Waals surface area contributed by atoms with E-state index in [4.69, 9.17) is 0 Å². The lowest BCUT2D eigenvalue weighted by Crippen LogP contribution is -2.37. The molecule has 16 heavy (non-hydrogen) atoms. The van der Waals surface area contributed by atoms with Crippen molar-refractivity contribution >= 4 is 15.7 Å². The van der Waals surface area contributed by atoms with Crippen molar-refractivity contribution in [3.63, 3.8) is 0 Å². The average Bonchev–Trinajstić information content (AvgIpc) is 2.15. The van der Waals surface area contributed by atoms with Gasteiger partial charge in [-0.2, -0.15) is 0 Å². The van der Waals surface area contributed by atoms with E-state index in [9.17, 15) is 8.42 Å². The fourth-order valence-electron chi connectivity index (χ4n) is 2.17. The molecule has 0 amide bonds. The van der Waals surface area contributed by atoms with E-state index in [2.05, 4.69) is 6.07 Å². The van der Waals surface area contributed by atoms with Crippen LogP contribution in [-0.4, -0.2) is 20.7 Å². The minimum absolute atomic E-state index is 0.278. The molecule has 1 aromatic rings. The highest BCUT2D eigenvalue weighted by atomic mass is 32.2. The van der Waals surface area contributed by atoms with Crippen molar-refractivity contribution in [2.75, 3.05) is 16.6 Å². The quantitative estimate of drug-likeness (QED) is 0.753. The lowest BCUT2D eigenvalue weighted by Gasteiger charge is -2.28. The third kappa shape index (κ3) is 2.21. The maximum atomic E-state index is 11.9. The minimum atomic E-state index is -3.08. The number of hydrogen-bond acceptors (Lipinski definition) is 2. The van der Waals surface area contributed by atoms with Crippen molar-refractivity contribution < 1.29 is 8.42 Å². The molecule has 0 aliphatic carbocycles. The Bertz CT molecular complexity index is 473. The van der Waals surface area contributed by atoms with Gasteiger partial charge in [0.1, 0.15) is 0 Å². The summed E-state index contributed by atoms with van der Waals surface area (Å²) in [6.45, 7) is 4.60. The molecular formula is C12H17NO2S. The molecule has 0 unspecified atom stereocenters. The van der Waals surface area contributed by atoms with Crippen LogP contribution >= 0.6 is 0 Å². The highest BCUT2D eigenvalue weighted by Crippen LogP contribution is 2.25. The highest BCUT2D eigenvalue weighted by Gasteiger charge is 2.25. The standard InChI is InChI=1S/C12H17NO2S/c1-10-7-11(2)9-12(8-10)13-5-3-4-6-16(13,14)15/h7-9H,3-6H2,1-2H3. The summed E-state index contributed by atoms with van der Waals surface area (Å²) in [5.41, 5.74) is 3.03. The lowest BCUT2D eigenvalue weighted by atomic mass is 10.1. The van der Waals surface area contributed by atoms with Gasteiger partial charge in [-0.25, -0.2) is 8.42 Å². The molecule has 1 fully saturated rings. The van der Waals surface area contributed by atoms with E-state index in [1.165, 1.54) is 0 Å². The van der Waals surface area contributed by atoms with Crippen molar-refractivity contribution in [3.05, 3.63) is 29.3 Å². The van der Waals surface area contributed by atoms with Crippen molar-refractivity contribution in [3.8, 4) is 0 Å². The first-order valence-electron chi connectivity index (χ1n) is 5.58. The predicted octanol–water partition coefficient (Wildman–Crippen LogP) is 2.23. The second-order valence-electron chi connectivity index (χ2n) is 4.44. The zero-order chi connectivity index (χ0) is 11.8. The second-order valence-corrected chi connectivity index (χ2v) is 6.45. The van der Waals surface area contributed by atoms with Crippen molar-refractivity contribution in [1.82, 2.24) is 0 Å². The second kappa shape index (κ2) is 4.09. The van der Waals surface area contributed by atoms with Gasteiger partial charge < -0.3 is 0 Å². The first-order valence-corrected chi connectivity index (χ1v) is 7.19. The Morgan fingerprint density at radius 2 is 1.69 bits per heavy atom. The van der Waals surface area contributed by atoms with E-state index in [0.717, 1.165) is 29.7 Å². The molecule has 2 rings (SSSR count). The maximum absolute atomic E-state index is 11.9. The Labute approximate surface area is 97.1 Å². The summed E-state index contributed by atoms with van der Waals surface area (Å²) in [5.74, 6) is 0.278. The van der Waals surface area contributed by atoms with Crippen LogP contribution in [0, 0.1) is 13.8 Å². The third-order valence-corrected chi connectivity index (χ3v) is 4.71. The number of sulfonamides is 1. The normalized spacial score (nSPS) is 19.8. The lowest BCUT2D eigenvalue weighted by molar-refractivity contribution is 0.574. The minimum Gasteiger partial charge on any atom is -0.270 e. The van der Waals surface area contributed by atoms with Gasteiger partial charge >= 0.3 is 0 Å². The number of rotatable bonds is 1. The van der Waals surface area contributed by atoms with Gasteiger partial charge in [0.15, 0.2) is 0 Å². The summed E-state index contributed by atoms with van der Waals surface area (Å²) in [5, 5.41) is 0. The number of anilines is 1. The van der Waals surface area contributed by atoms with Gasteiger partial charge in [-0.3, -0.25) is 4.31 Å². The SMILES string of the molecule is Cc1cc(C)cc(N2CCCCS2(=O)=O)c1. The van der Waals surface area contributed by atoms with Gasteiger partial charge in [-0.15, -0.1) is 0 Å². The van der Waals surface area contributed by atoms with Gasteiger partial charge in [0, 0.05) is 6.54 Å². The van der Waals surface area contributed by atoms with Gasteiger partial charge in [0.25, 0.3) is 0 Å². The van der Waals surface area contributed by atoms with E-state index in [1.54, 1.807) is 4.31 Å². The van der Waals surface area contributed by atoms with Crippen LogP contribution in [0.5, 0.6) is 0 Å². The van der Waals surface area contributed by atoms with E-state index < -0.39 is 10.0 Å². The first-order chi connectivity index (χ1) is 7.49. The summed E-state index contributed by atoms with van der Waals surface area (Å²) in [4.78, 5) is 0.